The van der Waals surface area contributed by atoms with Gasteiger partial charge in [0, 0.05) is 18.8 Å². The van der Waals surface area contributed by atoms with Crippen molar-refractivity contribution in [3.63, 3.8) is 0 Å². The number of nitrogens with one attached hydrogen (secondary N) is 1. The zero-order valence-electron chi connectivity index (χ0n) is 7.73. The lowest BCUT2D eigenvalue weighted by Gasteiger charge is -1.96. The number of aryl methyl sites for hydroxylation is 1. The highest BCUT2D eigenvalue weighted by molar-refractivity contribution is 7.07. The maximum Gasteiger partial charge on any atom is 0.223 e. The van der Waals surface area contributed by atoms with Crippen molar-refractivity contribution in [2.24, 2.45) is 0 Å². The minimum atomic E-state index is 0.593. The molecule has 2 aromatic rings. The fourth-order valence-corrected chi connectivity index (χ4v) is 1.60. The Morgan fingerprint density at radius 2 is 2.43 bits per heavy atom. The van der Waals surface area contributed by atoms with Crippen molar-refractivity contribution in [2.45, 2.75) is 20.0 Å². The maximum absolute atomic E-state index is 4.84. The number of aromatic nitrogens is 3. The number of nitrogens with zero attached hydrogens (tertiary/aromatic N) is 3. The molecule has 0 bridgehead atoms. The Labute approximate surface area is 85.2 Å². The Bertz CT molecular complexity index is 384. The first kappa shape index (κ1) is 9.29. The zero-order valence-corrected chi connectivity index (χ0v) is 8.54. The lowest BCUT2D eigenvalue weighted by atomic mass is 10.4. The molecule has 0 saturated heterocycles. The molecule has 0 radical (unpaired) electrons. The van der Waals surface area contributed by atoms with Gasteiger partial charge in [-0.05, 0) is 0 Å². The monoisotopic (exact) mass is 210 g/mol. The lowest BCUT2D eigenvalue weighted by molar-refractivity contribution is 0.385. The van der Waals surface area contributed by atoms with Crippen LogP contribution in [0.2, 0.25) is 0 Å². The predicted molar refractivity (Wildman–Crippen MR) is 51.7 cm³/mol. The second-order valence-electron chi connectivity index (χ2n) is 2.81. The van der Waals surface area contributed by atoms with Gasteiger partial charge in [-0.3, -0.25) is 0 Å². The Balaban J connectivity index is 1.78. The van der Waals surface area contributed by atoms with E-state index < -0.39 is 0 Å². The van der Waals surface area contributed by atoms with Crippen LogP contribution in [-0.2, 0) is 13.1 Å². The van der Waals surface area contributed by atoms with Crippen molar-refractivity contribution >= 4 is 11.3 Å². The van der Waals surface area contributed by atoms with Crippen LogP contribution in [0.25, 0.3) is 0 Å². The average Bonchev–Trinajstić information content (AvgIpc) is 2.77. The molecule has 0 amide bonds. The summed E-state index contributed by atoms with van der Waals surface area (Å²) in [6.45, 7) is 3.11. The van der Waals surface area contributed by atoms with Gasteiger partial charge < -0.3 is 9.84 Å². The molecule has 14 heavy (non-hydrogen) atoms. The standard InChI is InChI=1S/C8H10N4OS/c1-6-11-8(12-13-6)3-9-2-7-4-14-5-10-7/h4-5,9H,2-3H2,1H3. The molecule has 0 aliphatic heterocycles. The summed E-state index contributed by atoms with van der Waals surface area (Å²) in [4.78, 5) is 8.22. The first-order chi connectivity index (χ1) is 6.84. The Morgan fingerprint density at radius 3 is 3.07 bits per heavy atom. The Hall–Kier alpha value is -1.27. The molecular weight excluding hydrogens is 200 g/mol. The summed E-state index contributed by atoms with van der Waals surface area (Å²) in [6, 6.07) is 0. The maximum atomic E-state index is 4.84. The van der Waals surface area contributed by atoms with Gasteiger partial charge in [0.15, 0.2) is 5.82 Å². The molecule has 0 spiro atoms. The second kappa shape index (κ2) is 4.30. The Kier molecular flexibility index (Phi) is 2.85. The van der Waals surface area contributed by atoms with E-state index in [1.54, 1.807) is 18.3 Å². The lowest BCUT2D eigenvalue weighted by Crippen LogP contribution is -2.13. The third-order valence-corrected chi connectivity index (χ3v) is 2.28. The van der Waals surface area contributed by atoms with E-state index in [2.05, 4.69) is 20.4 Å². The van der Waals surface area contributed by atoms with Crippen LogP contribution in [0.3, 0.4) is 0 Å². The molecule has 1 N–H and O–H groups in total. The molecule has 0 unspecified atom stereocenters. The molecule has 0 aliphatic rings. The molecule has 0 saturated carbocycles. The first-order valence-corrected chi connectivity index (χ1v) is 5.16. The molecule has 2 rings (SSSR count). The van der Waals surface area contributed by atoms with Gasteiger partial charge in [0.2, 0.25) is 5.89 Å². The summed E-state index contributed by atoms with van der Waals surface area (Å²) in [7, 11) is 0. The van der Waals surface area contributed by atoms with Crippen molar-refractivity contribution in [1.82, 2.24) is 20.4 Å². The van der Waals surface area contributed by atoms with Gasteiger partial charge in [-0.25, -0.2) is 4.98 Å². The van der Waals surface area contributed by atoms with E-state index in [4.69, 9.17) is 4.52 Å². The third kappa shape index (κ3) is 2.36. The normalized spacial score (nSPS) is 10.6. The number of thiazole rings is 1. The summed E-state index contributed by atoms with van der Waals surface area (Å²) < 4.78 is 4.84. The van der Waals surface area contributed by atoms with Crippen molar-refractivity contribution in [3.8, 4) is 0 Å². The Morgan fingerprint density at radius 1 is 1.50 bits per heavy atom. The van der Waals surface area contributed by atoms with Gasteiger partial charge in [0.05, 0.1) is 17.7 Å². The highest BCUT2D eigenvalue weighted by Crippen LogP contribution is 2.00. The van der Waals surface area contributed by atoms with E-state index >= 15 is 0 Å². The van der Waals surface area contributed by atoms with Gasteiger partial charge in [0.1, 0.15) is 0 Å². The molecule has 0 aromatic carbocycles. The smallest absolute Gasteiger partial charge is 0.223 e. The fourth-order valence-electron chi connectivity index (χ4n) is 1.04. The molecule has 0 atom stereocenters. The van der Waals surface area contributed by atoms with Crippen LogP contribution in [-0.4, -0.2) is 15.1 Å². The molecule has 2 heterocycles. The van der Waals surface area contributed by atoms with Crippen LogP contribution in [0.15, 0.2) is 15.4 Å². The second-order valence-corrected chi connectivity index (χ2v) is 3.53. The topological polar surface area (TPSA) is 63.8 Å². The summed E-state index contributed by atoms with van der Waals surface area (Å²) in [5.74, 6) is 1.27. The van der Waals surface area contributed by atoms with Gasteiger partial charge in [-0.15, -0.1) is 11.3 Å². The summed E-state index contributed by atoms with van der Waals surface area (Å²) in [6.07, 6.45) is 0. The molecule has 2 aromatic heterocycles. The predicted octanol–water partition coefficient (Wildman–Crippen LogP) is 1.12. The number of rotatable bonds is 4. The highest BCUT2D eigenvalue weighted by atomic mass is 32.1. The van der Waals surface area contributed by atoms with Gasteiger partial charge in [-0.2, -0.15) is 4.98 Å². The van der Waals surface area contributed by atoms with Crippen LogP contribution < -0.4 is 5.32 Å². The molecule has 74 valence electrons. The fraction of sp³-hybridized carbons (Fsp3) is 0.375. The SMILES string of the molecule is Cc1nc(CNCc2cscn2)no1. The van der Waals surface area contributed by atoms with Crippen molar-refractivity contribution < 1.29 is 4.52 Å². The minimum absolute atomic E-state index is 0.593. The minimum Gasteiger partial charge on any atom is -0.340 e. The largest absolute Gasteiger partial charge is 0.340 e. The molecule has 0 aliphatic carbocycles. The molecular formula is C8H10N4OS. The molecule has 6 heteroatoms. The van der Waals surface area contributed by atoms with Crippen molar-refractivity contribution in [3.05, 3.63) is 28.3 Å². The van der Waals surface area contributed by atoms with Gasteiger partial charge >= 0.3 is 0 Å². The number of hydrogen-bond acceptors (Lipinski definition) is 6. The van der Waals surface area contributed by atoms with Crippen LogP contribution in [0.4, 0.5) is 0 Å². The van der Waals surface area contributed by atoms with Crippen molar-refractivity contribution in [2.75, 3.05) is 0 Å². The van der Waals surface area contributed by atoms with Crippen LogP contribution in [0.1, 0.15) is 17.4 Å². The van der Waals surface area contributed by atoms with E-state index in [0.29, 0.717) is 18.3 Å². The van der Waals surface area contributed by atoms with E-state index in [0.717, 1.165) is 12.2 Å². The average molecular weight is 210 g/mol. The highest BCUT2D eigenvalue weighted by Gasteiger charge is 2.01. The number of hydrogen-bond donors (Lipinski definition) is 1. The van der Waals surface area contributed by atoms with E-state index in [9.17, 15) is 0 Å². The van der Waals surface area contributed by atoms with E-state index in [-0.39, 0.29) is 0 Å². The van der Waals surface area contributed by atoms with E-state index in [1.165, 1.54) is 0 Å². The molecule has 0 fully saturated rings. The van der Waals surface area contributed by atoms with E-state index in [1.807, 2.05) is 10.9 Å². The van der Waals surface area contributed by atoms with Crippen LogP contribution in [0, 0.1) is 6.92 Å². The zero-order chi connectivity index (χ0) is 9.80. The van der Waals surface area contributed by atoms with Gasteiger partial charge in [0.25, 0.3) is 0 Å². The quantitative estimate of drug-likeness (QED) is 0.819. The van der Waals surface area contributed by atoms with Crippen LogP contribution in [0.5, 0.6) is 0 Å². The van der Waals surface area contributed by atoms with Crippen LogP contribution >= 0.6 is 11.3 Å². The summed E-state index contributed by atoms with van der Waals surface area (Å²) in [5, 5.41) is 8.95. The summed E-state index contributed by atoms with van der Waals surface area (Å²) >= 11 is 1.59. The van der Waals surface area contributed by atoms with Crippen molar-refractivity contribution in [1.29, 1.82) is 0 Å². The third-order valence-electron chi connectivity index (χ3n) is 1.64. The first-order valence-electron chi connectivity index (χ1n) is 4.21. The molecule has 5 nitrogen and oxygen atoms in total. The van der Waals surface area contributed by atoms with Gasteiger partial charge in [-0.1, -0.05) is 5.16 Å². The summed E-state index contributed by atoms with van der Waals surface area (Å²) in [5.41, 5.74) is 2.85.